The molecule has 0 saturated heterocycles. The van der Waals surface area contributed by atoms with Crippen LogP contribution in [0.4, 0.5) is 0 Å². The van der Waals surface area contributed by atoms with Crippen molar-refractivity contribution in [1.29, 1.82) is 0 Å². The van der Waals surface area contributed by atoms with Gasteiger partial charge in [-0.3, -0.25) is 0 Å². The molecule has 1 heterocycles. The van der Waals surface area contributed by atoms with E-state index in [1.807, 2.05) is 0 Å². The minimum absolute atomic E-state index is 0.391. The topological polar surface area (TPSA) is 47.9 Å². The number of oxime groups is 1. The van der Waals surface area contributed by atoms with Gasteiger partial charge in [0.15, 0.2) is 0 Å². The lowest BCUT2D eigenvalue weighted by atomic mass is 10.3. The fraction of sp³-hybridized carbons (Fsp3) is 0.600. The highest BCUT2D eigenvalue weighted by molar-refractivity contribution is 9.18. The van der Waals surface area contributed by atoms with Gasteiger partial charge in [-0.05, 0) is 15.9 Å². The molecule has 0 aromatic carbocycles. The van der Waals surface area contributed by atoms with Crippen molar-refractivity contribution in [2.75, 3.05) is 7.11 Å². The van der Waals surface area contributed by atoms with E-state index >= 15 is 0 Å². The van der Waals surface area contributed by atoms with Crippen LogP contribution in [0.5, 0.6) is 0 Å². The zero-order valence-corrected chi connectivity index (χ0v) is 6.92. The van der Waals surface area contributed by atoms with Gasteiger partial charge < -0.3 is 9.57 Å². The molecule has 0 aromatic rings. The fourth-order valence-electron chi connectivity index (χ4n) is 0.606. The minimum Gasteiger partial charge on any atom is -0.466 e. The van der Waals surface area contributed by atoms with E-state index < -0.39 is 12.1 Å². The average Bonchev–Trinajstić information content (AvgIpc) is 2.34. The van der Waals surface area contributed by atoms with Crippen molar-refractivity contribution in [3.05, 3.63) is 0 Å². The lowest BCUT2D eigenvalue weighted by Gasteiger charge is -2.02. The van der Waals surface area contributed by atoms with E-state index in [0.29, 0.717) is 11.0 Å². The number of carbonyl (C=O) groups excluding carboxylic acids is 1. The number of carbonyl (C=O) groups is 1. The molecule has 1 rings (SSSR count). The molecule has 0 amide bonds. The highest BCUT2D eigenvalue weighted by atomic mass is 79.9. The standard InChI is InChI=1S/C5H6BrNO3/c1-9-5(8)3-2-4(6)7-10-3/h3H,2H2,1H3/t3-/m1/s1. The first-order valence-electron chi connectivity index (χ1n) is 2.70. The van der Waals surface area contributed by atoms with Crippen molar-refractivity contribution in [1.82, 2.24) is 0 Å². The summed E-state index contributed by atoms with van der Waals surface area (Å²) >= 11 is 3.09. The summed E-state index contributed by atoms with van der Waals surface area (Å²) in [5.41, 5.74) is 0. The molecule has 0 saturated carbocycles. The van der Waals surface area contributed by atoms with E-state index in [2.05, 4.69) is 30.7 Å². The molecular weight excluding hydrogens is 202 g/mol. The Balaban J connectivity index is 2.42. The van der Waals surface area contributed by atoms with Crippen LogP contribution in [0.2, 0.25) is 0 Å². The van der Waals surface area contributed by atoms with Gasteiger partial charge in [-0.1, -0.05) is 5.16 Å². The maximum Gasteiger partial charge on any atom is 0.350 e. The van der Waals surface area contributed by atoms with Crippen LogP contribution in [0.25, 0.3) is 0 Å². The van der Waals surface area contributed by atoms with Gasteiger partial charge in [-0.25, -0.2) is 4.79 Å². The molecule has 0 fully saturated rings. The molecular formula is C5H6BrNO3. The summed E-state index contributed by atoms with van der Waals surface area (Å²) in [5.74, 6) is -0.391. The monoisotopic (exact) mass is 207 g/mol. The maximum atomic E-state index is 10.7. The minimum atomic E-state index is -0.556. The predicted molar refractivity (Wildman–Crippen MR) is 37.9 cm³/mol. The van der Waals surface area contributed by atoms with E-state index in [0.717, 1.165) is 0 Å². The second-order valence-corrected chi connectivity index (χ2v) is 2.70. The van der Waals surface area contributed by atoms with Crippen LogP contribution >= 0.6 is 15.9 Å². The van der Waals surface area contributed by atoms with E-state index in [9.17, 15) is 4.79 Å². The molecule has 5 heteroatoms. The molecule has 56 valence electrons. The number of methoxy groups -OCH3 is 1. The number of ether oxygens (including phenoxy) is 1. The lowest BCUT2D eigenvalue weighted by molar-refractivity contribution is -0.152. The normalized spacial score (nSPS) is 23.4. The van der Waals surface area contributed by atoms with Crippen LogP contribution in [0.15, 0.2) is 5.16 Å². The Morgan fingerprint density at radius 1 is 2.00 bits per heavy atom. The number of rotatable bonds is 1. The fourth-order valence-corrected chi connectivity index (χ4v) is 0.984. The summed E-state index contributed by atoms with van der Waals surface area (Å²) in [5, 5.41) is 3.52. The first-order valence-corrected chi connectivity index (χ1v) is 3.49. The number of halogens is 1. The van der Waals surface area contributed by atoms with Crippen molar-refractivity contribution < 1.29 is 14.4 Å². The van der Waals surface area contributed by atoms with Crippen LogP contribution in [0.3, 0.4) is 0 Å². The third kappa shape index (κ3) is 1.47. The Kier molecular flexibility index (Phi) is 2.26. The van der Waals surface area contributed by atoms with Crippen molar-refractivity contribution in [3.8, 4) is 0 Å². The third-order valence-corrected chi connectivity index (χ3v) is 1.57. The van der Waals surface area contributed by atoms with E-state index in [-0.39, 0.29) is 0 Å². The summed E-state index contributed by atoms with van der Waals surface area (Å²) < 4.78 is 5.07. The summed E-state index contributed by atoms with van der Waals surface area (Å²) in [6.45, 7) is 0. The molecule has 0 aliphatic carbocycles. The number of esters is 1. The molecule has 4 nitrogen and oxygen atoms in total. The first-order chi connectivity index (χ1) is 4.74. The van der Waals surface area contributed by atoms with Crippen molar-refractivity contribution >= 4 is 26.5 Å². The number of hydrogen-bond acceptors (Lipinski definition) is 4. The van der Waals surface area contributed by atoms with Crippen molar-refractivity contribution in [2.24, 2.45) is 5.16 Å². The molecule has 0 unspecified atom stereocenters. The highest BCUT2D eigenvalue weighted by Gasteiger charge is 2.27. The van der Waals surface area contributed by atoms with Gasteiger partial charge in [-0.2, -0.15) is 0 Å². The SMILES string of the molecule is COC(=O)[C@H]1CC(Br)=NO1. The van der Waals surface area contributed by atoms with Crippen LogP contribution < -0.4 is 0 Å². The third-order valence-electron chi connectivity index (χ3n) is 1.10. The zero-order chi connectivity index (χ0) is 7.56. The van der Waals surface area contributed by atoms with Crippen LogP contribution in [0.1, 0.15) is 6.42 Å². The smallest absolute Gasteiger partial charge is 0.350 e. The quantitative estimate of drug-likeness (QED) is 0.594. The van der Waals surface area contributed by atoms with Crippen molar-refractivity contribution in [3.63, 3.8) is 0 Å². The summed E-state index contributed by atoms with van der Waals surface area (Å²) in [4.78, 5) is 15.4. The molecule has 1 atom stereocenters. The van der Waals surface area contributed by atoms with E-state index in [1.165, 1.54) is 7.11 Å². The van der Waals surface area contributed by atoms with Gasteiger partial charge in [0.2, 0.25) is 6.10 Å². The van der Waals surface area contributed by atoms with E-state index in [1.54, 1.807) is 0 Å². The maximum absolute atomic E-state index is 10.7. The number of hydrogen-bond donors (Lipinski definition) is 0. The lowest BCUT2D eigenvalue weighted by Crippen LogP contribution is -2.21. The Hall–Kier alpha value is -0.580. The second-order valence-electron chi connectivity index (χ2n) is 1.79. The molecule has 10 heavy (non-hydrogen) atoms. The molecule has 1 aliphatic heterocycles. The second kappa shape index (κ2) is 3.01. The summed E-state index contributed by atoms with van der Waals surface area (Å²) in [6.07, 6.45) is -0.0912. The van der Waals surface area contributed by atoms with Crippen molar-refractivity contribution in [2.45, 2.75) is 12.5 Å². The molecule has 0 bridgehead atoms. The molecule has 0 radical (unpaired) electrons. The van der Waals surface area contributed by atoms with Gasteiger partial charge in [0.05, 0.1) is 13.5 Å². The Morgan fingerprint density at radius 2 is 2.70 bits per heavy atom. The average molecular weight is 208 g/mol. The van der Waals surface area contributed by atoms with Crippen LogP contribution in [-0.4, -0.2) is 23.8 Å². The zero-order valence-electron chi connectivity index (χ0n) is 5.33. The van der Waals surface area contributed by atoms with Gasteiger partial charge in [0, 0.05) is 0 Å². The largest absolute Gasteiger partial charge is 0.466 e. The Morgan fingerprint density at radius 3 is 3.10 bits per heavy atom. The van der Waals surface area contributed by atoms with Gasteiger partial charge >= 0.3 is 5.97 Å². The van der Waals surface area contributed by atoms with Gasteiger partial charge in [0.25, 0.3) is 0 Å². The summed E-state index contributed by atoms with van der Waals surface area (Å²) in [7, 11) is 1.32. The summed E-state index contributed by atoms with van der Waals surface area (Å²) in [6, 6.07) is 0. The van der Waals surface area contributed by atoms with Crippen LogP contribution in [0, 0.1) is 0 Å². The van der Waals surface area contributed by atoms with Crippen LogP contribution in [-0.2, 0) is 14.4 Å². The molecule has 1 aliphatic rings. The predicted octanol–water partition coefficient (Wildman–Crippen LogP) is 0.657. The number of nitrogens with zero attached hydrogens (tertiary/aromatic N) is 1. The first kappa shape index (κ1) is 7.53. The Labute approximate surface area is 66.3 Å². The van der Waals surface area contributed by atoms with E-state index in [4.69, 9.17) is 0 Å². The Bertz CT molecular complexity index is 180. The van der Waals surface area contributed by atoms with Gasteiger partial charge in [0.1, 0.15) is 4.62 Å². The highest BCUT2D eigenvalue weighted by Crippen LogP contribution is 2.14. The molecule has 0 N–H and O–H groups in total. The molecule has 0 aromatic heterocycles. The molecule has 0 spiro atoms. The van der Waals surface area contributed by atoms with Gasteiger partial charge in [-0.15, -0.1) is 0 Å².